The summed E-state index contributed by atoms with van der Waals surface area (Å²) in [6.07, 6.45) is 7.34. The molecule has 29 heavy (non-hydrogen) atoms. The van der Waals surface area contributed by atoms with Crippen molar-refractivity contribution in [3.63, 3.8) is 0 Å². The lowest BCUT2D eigenvalue weighted by atomic mass is 9.97. The number of aromatic nitrogens is 1. The van der Waals surface area contributed by atoms with E-state index in [0.717, 1.165) is 42.6 Å². The average molecular weight is 413 g/mol. The Bertz CT molecular complexity index is 871. The first kappa shape index (κ1) is 19.9. The number of thiazole rings is 1. The number of hydrogen-bond acceptors (Lipinski definition) is 4. The van der Waals surface area contributed by atoms with Crippen LogP contribution in [0.2, 0.25) is 0 Å². The van der Waals surface area contributed by atoms with Crippen molar-refractivity contribution < 1.29 is 9.59 Å². The molecule has 1 aromatic heterocycles. The second-order valence-corrected chi connectivity index (χ2v) is 9.11. The average Bonchev–Trinajstić information content (AvgIpc) is 2.96. The fourth-order valence-corrected chi connectivity index (χ4v) is 5.14. The van der Waals surface area contributed by atoms with Gasteiger partial charge in [0, 0.05) is 23.7 Å². The minimum absolute atomic E-state index is 0.0260. The number of carbonyl (C=O) groups excluding carboxylic acids is 2. The molecule has 1 aromatic carbocycles. The van der Waals surface area contributed by atoms with Crippen LogP contribution in [-0.4, -0.2) is 34.9 Å². The van der Waals surface area contributed by atoms with Crippen molar-refractivity contribution in [1.29, 1.82) is 0 Å². The largest absolute Gasteiger partial charge is 0.324 e. The standard InChI is InChI=1S/C22H28N4O2S/c1-15-7-5-9-17(13-15)23-22(28)26-12-6-8-16(14-26)20(27)25-21-24-18-10-3-2-4-11-19(18)29-21/h5,7,9,13,16H,2-4,6,8,10-12,14H2,1H3,(H,23,28)(H,24,25,27). The summed E-state index contributed by atoms with van der Waals surface area (Å²) in [6.45, 7) is 3.11. The van der Waals surface area contributed by atoms with Crippen LogP contribution in [0.3, 0.4) is 0 Å². The van der Waals surface area contributed by atoms with Crippen LogP contribution in [0.5, 0.6) is 0 Å². The molecule has 7 heteroatoms. The Morgan fingerprint density at radius 3 is 2.86 bits per heavy atom. The van der Waals surface area contributed by atoms with E-state index in [1.54, 1.807) is 16.2 Å². The molecule has 0 saturated carbocycles. The molecule has 2 heterocycles. The molecule has 3 amide bonds. The third-order valence-electron chi connectivity index (χ3n) is 5.67. The lowest BCUT2D eigenvalue weighted by molar-refractivity contribution is -0.121. The summed E-state index contributed by atoms with van der Waals surface area (Å²) in [6, 6.07) is 7.60. The van der Waals surface area contributed by atoms with Gasteiger partial charge in [0.15, 0.2) is 5.13 Å². The number of amides is 3. The number of aryl methyl sites for hydroxylation is 3. The number of benzene rings is 1. The zero-order valence-corrected chi connectivity index (χ0v) is 17.7. The van der Waals surface area contributed by atoms with Crippen molar-refractivity contribution in [2.24, 2.45) is 5.92 Å². The minimum Gasteiger partial charge on any atom is -0.324 e. The zero-order chi connectivity index (χ0) is 20.2. The molecule has 2 aromatic rings. The number of nitrogens with one attached hydrogen (secondary N) is 2. The van der Waals surface area contributed by atoms with Gasteiger partial charge in [-0.15, -0.1) is 11.3 Å². The van der Waals surface area contributed by atoms with Crippen molar-refractivity contribution in [1.82, 2.24) is 9.88 Å². The van der Waals surface area contributed by atoms with Crippen LogP contribution in [0, 0.1) is 12.8 Å². The second kappa shape index (κ2) is 8.95. The molecule has 2 N–H and O–H groups in total. The van der Waals surface area contributed by atoms with Crippen molar-refractivity contribution in [2.75, 3.05) is 23.7 Å². The van der Waals surface area contributed by atoms with E-state index >= 15 is 0 Å². The highest BCUT2D eigenvalue weighted by Crippen LogP contribution is 2.29. The predicted molar refractivity (Wildman–Crippen MR) is 116 cm³/mol. The van der Waals surface area contributed by atoms with E-state index in [0.29, 0.717) is 18.2 Å². The van der Waals surface area contributed by atoms with Gasteiger partial charge in [0.25, 0.3) is 0 Å². The Morgan fingerprint density at radius 2 is 2.00 bits per heavy atom. The van der Waals surface area contributed by atoms with Crippen LogP contribution in [0.15, 0.2) is 24.3 Å². The van der Waals surface area contributed by atoms with E-state index in [4.69, 9.17) is 0 Å². The van der Waals surface area contributed by atoms with Crippen LogP contribution >= 0.6 is 11.3 Å². The number of likely N-dealkylation sites (tertiary alicyclic amines) is 1. The van der Waals surface area contributed by atoms with E-state index in [-0.39, 0.29) is 17.9 Å². The highest BCUT2D eigenvalue weighted by atomic mass is 32.1. The number of nitrogens with zero attached hydrogens (tertiary/aromatic N) is 2. The summed E-state index contributed by atoms with van der Waals surface area (Å²) in [5.41, 5.74) is 3.04. The van der Waals surface area contributed by atoms with Gasteiger partial charge in [0.1, 0.15) is 0 Å². The lowest BCUT2D eigenvalue weighted by Gasteiger charge is -2.31. The van der Waals surface area contributed by atoms with E-state index in [2.05, 4.69) is 15.6 Å². The number of rotatable bonds is 3. The van der Waals surface area contributed by atoms with Gasteiger partial charge in [-0.3, -0.25) is 4.79 Å². The first-order chi connectivity index (χ1) is 14.1. The Labute approximate surface area is 175 Å². The molecule has 4 rings (SSSR count). The predicted octanol–water partition coefficient (Wildman–Crippen LogP) is 4.60. The molecule has 1 aliphatic heterocycles. The zero-order valence-electron chi connectivity index (χ0n) is 16.9. The Kier molecular flexibility index (Phi) is 6.13. The van der Waals surface area contributed by atoms with Crippen LogP contribution in [0.25, 0.3) is 0 Å². The monoisotopic (exact) mass is 412 g/mol. The number of hydrogen-bond donors (Lipinski definition) is 2. The smallest absolute Gasteiger partial charge is 0.321 e. The van der Waals surface area contributed by atoms with E-state index in [1.165, 1.54) is 24.1 Å². The first-order valence-corrected chi connectivity index (χ1v) is 11.3. The fraction of sp³-hybridized carbons (Fsp3) is 0.500. The van der Waals surface area contributed by atoms with Crippen molar-refractivity contribution in [3.8, 4) is 0 Å². The number of anilines is 2. The van der Waals surface area contributed by atoms with E-state index < -0.39 is 0 Å². The van der Waals surface area contributed by atoms with Crippen molar-refractivity contribution in [3.05, 3.63) is 40.4 Å². The maximum absolute atomic E-state index is 12.8. The van der Waals surface area contributed by atoms with Gasteiger partial charge in [-0.1, -0.05) is 18.6 Å². The summed E-state index contributed by atoms with van der Waals surface area (Å²) in [4.78, 5) is 33.2. The maximum atomic E-state index is 12.8. The molecule has 0 radical (unpaired) electrons. The number of fused-ring (bicyclic) bond motifs is 1. The Hall–Kier alpha value is -2.41. The summed E-state index contributed by atoms with van der Waals surface area (Å²) in [5.74, 6) is -0.224. The molecule has 1 unspecified atom stereocenters. The Morgan fingerprint density at radius 1 is 1.14 bits per heavy atom. The topological polar surface area (TPSA) is 74.3 Å². The molecule has 1 saturated heterocycles. The second-order valence-electron chi connectivity index (χ2n) is 8.02. The minimum atomic E-state index is -0.198. The van der Waals surface area contributed by atoms with Gasteiger partial charge >= 0.3 is 6.03 Å². The van der Waals surface area contributed by atoms with Gasteiger partial charge in [0.2, 0.25) is 5.91 Å². The first-order valence-electron chi connectivity index (χ1n) is 10.5. The molecule has 0 bridgehead atoms. The van der Waals surface area contributed by atoms with Crippen LogP contribution in [-0.2, 0) is 17.6 Å². The third kappa shape index (κ3) is 4.96. The quantitative estimate of drug-likeness (QED) is 0.724. The maximum Gasteiger partial charge on any atom is 0.321 e. The van der Waals surface area contributed by atoms with Gasteiger partial charge in [-0.05, 0) is 63.1 Å². The molecule has 2 aliphatic rings. The van der Waals surface area contributed by atoms with E-state index in [9.17, 15) is 9.59 Å². The van der Waals surface area contributed by atoms with Gasteiger partial charge in [-0.2, -0.15) is 0 Å². The molecule has 6 nitrogen and oxygen atoms in total. The molecule has 154 valence electrons. The molecule has 1 atom stereocenters. The SMILES string of the molecule is Cc1cccc(NC(=O)N2CCCC(C(=O)Nc3nc4c(s3)CCCCC4)C2)c1. The van der Waals surface area contributed by atoms with Gasteiger partial charge in [0.05, 0.1) is 11.6 Å². The van der Waals surface area contributed by atoms with Crippen LogP contribution < -0.4 is 10.6 Å². The molecular weight excluding hydrogens is 384 g/mol. The van der Waals surface area contributed by atoms with E-state index in [1.807, 2.05) is 31.2 Å². The number of urea groups is 1. The van der Waals surface area contributed by atoms with Crippen molar-refractivity contribution >= 4 is 34.1 Å². The van der Waals surface area contributed by atoms with Crippen LogP contribution in [0.1, 0.15) is 48.2 Å². The fourth-order valence-electron chi connectivity index (χ4n) is 4.09. The summed E-state index contributed by atoms with van der Waals surface area (Å²) in [7, 11) is 0. The lowest BCUT2D eigenvalue weighted by Crippen LogP contribution is -2.45. The Balaban J connectivity index is 1.35. The molecule has 0 spiro atoms. The number of carbonyl (C=O) groups is 2. The number of piperidine rings is 1. The van der Waals surface area contributed by atoms with Gasteiger partial charge < -0.3 is 15.5 Å². The molecular formula is C22H28N4O2S. The molecule has 1 aliphatic carbocycles. The summed E-state index contributed by atoms with van der Waals surface area (Å²) >= 11 is 1.62. The normalized spacial score (nSPS) is 19.2. The highest BCUT2D eigenvalue weighted by Gasteiger charge is 2.29. The highest BCUT2D eigenvalue weighted by molar-refractivity contribution is 7.15. The van der Waals surface area contributed by atoms with Crippen molar-refractivity contribution in [2.45, 2.75) is 51.9 Å². The van der Waals surface area contributed by atoms with Gasteiger partial charge in [-0.25, -0.2) is 9.78 Å². The molecule has 1 fully saturated rings. The van der Waals surface area contributed by atoms with Crippen LogP contribution in [0.4, 0.5) is 15.6 Å². The third-order valence-corrected chi connectivity index (χ3v) is 6.75. The summed E-state index contributed by atoms with van der Waals surface area (Å²) in [5, 5.41) is 6.67. The summed E-state index contributed by atoms with van der Waals surface area (Å²) < 4.78 is 0.